The smallest absolute Gasteiger partial charge is 0.407 e. The van der Waals surface area contributed by atoms with Gasteiger partial charge in [-0.25, -0.2) is 4.79 Å². The zero-order valence-electron chi connectivity index (χ0n) is 16.7. The third-order valence-electron chi connectivity index (χ3n) is 3.72. The number of aromatic nitrogens is 2. The molecule has 0 saturated carbocycles. The van der Waals surface area contributed by atoms with E-state index in [-0.39, 0.29) is 6.54 Å². The van der Waals surface area contributed by atoms with E-state index in [9.17, 15) is 4.79 Å². The number of rotatable bonds is 4. The number of nitrogens with one attached hydrogen (secondary N) is 3. The van der Waals surface area contributed by atoms with Crippen molar-refractivity contribution in [1.82, 2.24) is 20.5 Å². The molecule has 1 aromatic heterocycles. The van der Waals surface area contributed by atoms with E-state index in [1.807, 2.05) is 52.2 Å². The van der Waals surface area contributed by atoms with Gasteiger partial charge in [0.25, 0.3) is 0 Å². The molecule has 3 rings (SSSR count). The number of hydrazine groups is 1. The van der Waals surface area contributed by atoms with Crippen molar-refractivity contribution < 1.29 is 9.53 Å². The van der Waals surface area contributed by atoms with Crippen molar-refractivity contribution >= 4 is 35.0 Å². The molecule has 10 heteroatoms. The first-order valence-corrected chi connectivity index (χ1v) is 9.41. The van der Waals surface area contributed by atoms with E-state index in [1.54, 1.807) is 28.1 Å². The molecule has 9 nitrogen and oxygen atoms in total. The van der Waals surface area contributed by atoms with Gasteiger partial charge in [-0.05, 0) is 38.5 Å². The van der Waals surface area contributed by atoms with Gasteiger partial charge in [0.1, 0.15) is 5.60 Å². The van der Waals surface area contributed by atoms with Gasteiger partial charge in [0.15, 0.2) is 11.7 Å². The molecule has 0 saturated heterocycles. The molecule has 0 radical (unpaired) electrons. The normalized spacial score (nSPS) is 13.6. The summed E-state index contributed by atoms with van der Waals surface area (Å²) in [7, 11) is 1.85. The molecule has 154 valence electrons. The number of benzene rings is 1. The fourth-order valence-electron chi connectivity index (χ4n) is 2.46. The highest BCUT2D eigenvalue weighted by atomic mass is 35.5. The molecule has 1 aliphatic rings. The summed E-state index contributed by atoms with van der Waals surface area (Å²) in [6, 6.07) is 7.30. The van der Waals surface area contributed by atoms with Crippen LogP contribution >= 0.6 is 11.6 Å². The summed E-state index contributed by atoms with van der Waals surface area (Å²) in [5, 5.41) is 16.7. The van der Waals surface area contributed by atoms with Crippen LogP contribution in [-0.2, 0) is 18.3 Å². The number of carbonyl (C=O) groups excluding carboxylic acids is 1. The Morgan fingerprint density at radius 2 is 2.10 bits per heavy atom. The van der Waals surface area contributed by atoms with Gasteiger partial charge in [0.2, 0.25) is 0 Å². The van der Waals surface area contributed by atoms with Crippen molar-refractivity contribution in [2.75, 3.05) is 10.4 Å². The maximum Gasteiger partial charge on any atom is 0.407 e. The number of hydrogen-bond donors (Lipinski definition) is 3. The van der Waals surface area contributed by atoms with E-state index >= 15 is 0 Å². The van der Waals surface area contributed by atoms with Crippen LogP contribution in [0.25, 0.3) is 0 Å². The molecule has 3 N–H and O–H groups in total. The van der Waals surface area contributed by atoms with E-state index in [4.69, 9.17) is 16.3 Å². The van der Waals surface area contributed by atoms with Crippen LogP contribution in [-0.4, -0.2) is 27.3 Å². The first-order valence-electron chi connectivity index (χ1n) is 9.03. The van der Waals surface area contributed by atoms with E-state index in [2.05, 4.69) is 26.3 Å². The van der Waals surface area contributed by atoms with E-state index in [0.29, 0.717) is 16.7 Å². The lowest BCUT2D eigenvalue weighted by atomic mass is 10.2. The van der Waals surface area contributed by atoms with Crippen molar-refractivity contribution in [3.63, 3.8) is 0 Å². The second kappa shape index (κ2) is 8.44. The molecular formula is C19H24ClN7O2. The van der Waals surface area contributed by atoms with Crippen molar-refractivity contribution in [3.8, 4) is 0 Å². The number of alkyl carbamates (subject to hydrolysis) is 1. The Kier molecular flexibility index (Phi) is 5.97. The Morgan fingerprint density at radius 3 is 2.76 bits per heavy atom. The van der Waals surface area contributed by atoms with Crippen LogP contribution in [0.4, 0.5) is 16.3 Å². The molecule has 1 aromatic carbocycles. The van der Waals surface area contributed by atoms with Crippen LogP contribution in [0, 0.1) is 0 Å². The zero-order valence-corrected chi connectivity index (χ0v) is 17.5. The quantitative estimate of drug-likeness (QED) is 0.706. The summed E-state index contributed by atoms with van der Waals surface area (Å²) in [5.74, 6) is 1.31. The molecule has 2 heterocycles. The fourth-order valence-corrected chi connectivity index (χ4v) is 2.70. The molecule has 0 spiro atoms. The van der Waals surface area contributed by atoms with Crippen LogP contribution in [0.2, 0.25) is 5.02 Å². The van der Waals surface area contributed by atoms with Crippen molar-refractivity contribution in [1.29, 1.82) is 0 Å². The minimum atomic E-state index is -0.551. The second-order valence-corrected chi connectivity index (χ2v) is 7.80. The van der Waals surface area contributed by atoms with Gasteiger partial charge in [-0.3, -0.25) is 10.1 Å². The largest absolute Gasteiger partial charge is 0.444 e. The van der Waals surface area contributed by atoms with Crippen molar-refractivity contribution in [3.05, 3.63) is 53.3 Å². The third-order valence-corrected chi connectivity index (χ3v) is 4.07. The highest BCUT2D eigenvalue weighted by Crippen LogP contribution is 2.24. The fraction of sp³-hybridized carbons (Fsp3) is 0.316. The molecule has 0 fully saturated rings. The number of amides is 1. The van der Waals surface area contributed by atoms with Crippen LogP contribution in [0.5, 0.6) is 0 Å². The Hall–Kier alpha value is -3.20. The molecule has 1 amide bonds. The molecular weight excluding hydrogens is 394 g/mol. The minimum absolute atomic E-state index is 0.261. The number of aryl methyl sites for hydroxylation is 1. The average molecular weight is 418 g/mol. The lowest BCUT2D eigenvalue weighted by Gasteiger charge is -2.23. The van der Waals surface area contributed by atoms with E-state index < -0.39 is 11.7 Å². The van der Waals surface area contributed by atoms with Crippen molar-refractivity contribution in [2.45, 2.75) is 32.9 Å². The lowest BCUT2D eigenvalue weighted by Crippen LogP contribution is -2.35. The number of ether oxygens (including phenoxy) is 1. The van der Waals surface area contributed by atoms with E-state index in [1.165, 1.54) is 0 Å². The van der Waals surface area contributed by atoms with Crippen LogP contribution < -0.4 is 21.2 Å². The Morgan fingerprint density at radius 1 is 1.31 bits per heavy atom. The van der Waals surface area contributed by atoms with Gasteiger partial charge in [-0.15, -0.1) is 5.10 Å². The van der Waals surface area contributed by atoms with E-state index in [0.717, 1.165) is 11.3 Å². The lowest BCUT2D eigenvalue weighted by molar-refractivity contribution is 0.0523. The molecule has 0 aliphatic carbocycles. The number of amidine groups is 1. The first-order chi connectivity index (χ1) is 13.7. The number of halogens is 1. The standard InChI is InChI=1S/C19H24ClN7O2/c1-19(2,3)29-18(28)21-12-13-5-6-14(11-15(13)20)27-22-9-7-16(25-27)23-17-8-10-26(4)24-17/h5-11,22H,12H2,1-4H3,(H,21,28)(H,23,24,25). The summed E-state index contributed by atoms with van der Waals surface area (Å²) in [6.07, 6.45) is 4.90. The van der Waals surface area contributed by atoms with Crippen LogP contribution in [0.1, 0.15) is 26.3 Å². The zero-order chi connectivity index (χ0) is 21.0. The predicted octanol–water partition coefficient (Wildman–Crippen LogP) is 3.36. The number of carbonyl (C=O) groups is 1. The molecule has 0 atom stereocenters. The average Bonchev–Trinajstić information content (AvgIpc) is 3.04. The summed E-state index contributed by atoms with van der Waals surface area (Å²) in [4.78, 5) is 11.8. The Labute approximate surface area is 174 Å². The summed E-state index contributed by atoms with van der Waals surface area (Å²) < 4.78 is 6.93. The Balaban J connectivity index is 1.64. The van der Waals surface area contributed by atoms with Gasteiger partial charge >= 0.3 is 6.09 Å². The molecule has 2 aromatic rings. The van der Waals surface area contributed by atoms with Crippen molar-refractivity contribution in [2.24, 2.45) is 12.1 Å². The first kappa shape index (κ1) is 20.5. The maximum atomic E-state index is 11.8. The molecule has 0 unspecified atom stereocenters. The molecule has 1 aliphatic heterocycles. The van der Waals surface area contributed by atoms with Gasteiger partial charge < -0.3 is 15.4 Å². The van der Waals surface area contributed by atoms with Gasteiger partial charge in [0.05, 0.1) is 5.69 Å². The Bertz CT molecular complexity index is 946. The SMILES string of the molecule is Cn1ccc(NC2=NN(c3ccc(CNC(=O)OC(C)(C)C)c(Cl)c3)NC=C2)n1. The summed E-state index contributed by atoms with van der Waals surface area (Å²) in [5.41, 5.74) is 3.98. The van der Waals surface area contributed by atoms with Gasteiger partial charge in [-0.1, -0.05) is 17.7 Å². The summed E-state index contributed by atoms with van der Waals surface area (Å²) in [6.45, 7) is 5.70. The summed E-state index contributed by atoms with van der Waals surface area (Å²) >= 11 is 6.39. The maximum absolute atomic E-state index is 11.8. The topological polar surface area (TPSA) is 95.8 Å². The number of hydrazone groups is 1. The highest BCUT2D eigenvalue weighted by molar-refractivity contribution is 6.31. The monoisotopic (exact) mass is 417 g/mol. The molecule has 29 heavy (non-hydrogen) atoms. The molecule has 0 bridgehead atoms. The van der Waals surface area contributed by atoms with Crippen LogP contribution in [0.3, 0.4) is 0 Å². The number of hydrogen-bond acceptors (Lipinski definition) is 7. The number of nitrogens with zero attached hydrogens (tertiary/aromatic N) is 4. The predicted molar refractivity (Wildman–Crippen MR) is 114 cm³/mol. The third kappa shape index (κ3) is 5.89. The highest BCUT2D eigenvalue weighted by Gasteiger charge is 2.17. The minimum Gasteiger partial charge on any atom is -0.444 e. The van der Waals surface area contributed by atoms with Gasteiger partial charge in [0, 0.05) is 43.2 Å². The van der Waals surface area contributed by atoms with Crippen LogP contribution in [0.15, 0.2) is 47.8 Å². The van der Waals surface area contributed by atoms with Gasteiger partial charge in [-0.2, -0.15) is 10.2 Å². The second-order valence-electron chi connectivity index (χ2n) is 7.39. The number of anilines is 2.